The molecular weight excluding hydrogens is 226 g/mol. The Hall–Kier alpha value is -0.610. The van der Waals surface area contributed by atoms with Crippen LogP contribution in [0.1, 0.15) is 33.1 Å². The molecule has 0 spiro atoms. The topological polar surface area (TPSA) is 44.4 Å². The Morgan fingerprint density at radius 2 is 1.94 bits per heavy atom. The van der Waals surface area contributed by atoms with Crippen molar-refractivity contribution in [2.24, 2.45) is 11.8 Å². The van der Waals surface area contributed by atoms with Gasteiger partial charge in [0.2, 0.25) is 5.91 Å². The van der Waals surface area contributed by atoms with Crippen molar-refractivity contribution < 1.29 is 4.79 Å². The molecule has 0 aromatic rings. The van der Waals surface area contributed by atoms with Crippen molar-refractivity contribution in [3.8, 4) is 0 Å². The minimum atomic E-state index is 0.224. The van der Waals surface area contributed by atoms with E-state index in [1.54, 1.807) is 0 Å². The number of hydrogen-bond acceptors (Lipinski definition) is 3. The largest absolute Gasteiger partial charge is 0.352 e. The first kappa shape index (κ1) is 15.4. The highest BCUT2D eigenvalue weighted by atomic mass is 16.1. The first-order chi connectivity index (χ1) is 8.49. The number of likely N-dealkylation sites (N-methyl/N-ethyl adjacent to an activating group) is 1. The van der Waals surface area contributed by atoms with Gasteiger partial charge in [0.25, 0.3) is 0 Å². The summed E-state index contributed by atoms with van der Waals surface area (Å²) in [5, 5.41) is 6.53. The highest BCUT2D eigenvalue weighted by Gasteiger charge is 2.20. The highest BCUT2D eigenvalue weighted by Crippen LogP contribution is 2.16. The molecule has 18 heavy (non-hydrogen) atoms. The molecule has 1 saturated heterocycles. The zero-order valence-corrected chi connectivity index (χ0v) is 12.3. The highest BCUT2D eigenvalue weighted by molar-refractivity contribution is 5.76. The lowest BCUT2D eigenvalue weighted by Crippen LogP contribution is -2.45. The number of carbonyl (C=O) groups excluding carboxylic acids is 1. The second-order valence-electron chi connectivity index (χ2n) is 6.08. The maximum atomic E-state index is 12.1. The van der Waals surface area contributed by atoms with Crippen LogP contribution in [0.2, 0.25) is 0 Å². The zero-order valence-electron chi connectivity index (χ0n) is 12.3. The molecule has 106 valence electrons. The minimum Gasteiger partial charge on any atom is -0.352 e. The van der Waals surface area contributed by atoms with Crippen LogP contribution >= 0.6 is 0 Å². The van der Waals surface area contributed by atoms with E-state index in [-0.39, 0.29) is 11.9 Å². The molecule has 0 radical (unpaired) electrons. The predicted molar refractivity (Wildman–Crippen MR) is 75.5 cm³/mol. The normalized spacial score (nSPS) is 19.2. The lowest BCUT2D eigenvalue weighted by molar-refractivity contribution is -0.123. The van der Waals surface area contributed by atoms with Crippen LogP contribution in [-0.2, 0) is 4.79 Å². The van der Waals surface area contributed by atoms with Gasteiger partial charge in [-0.15, -0.1) is 0 Å². The van der Waals surface area contributed by atoms with Gasteiger partial charge in [0.05, 0.1) is 0 Å². The fraction of sp³-hybridized carbons (Fsp3) is 0.929. The van der Waals surface area contributed by atoms with Crippen LogP contribution in [0, 0.1) is 11.8 Å². The Labute approximate surface area is 111 Å². The zero-order chi connectivity index (χ0) is 13.5. The van der Waals surface area contributed by atoms with Crippen molar-refractivity contribution in [2.75, 3.05) is 33.7 Å². The van der Waals surface area contributed by atoms with E-state index in [4.69, 9.17) is 0 Å². The van der Waals surface area contributed by atoms with Crippen LogP contribution in [0.15, 0.2) is 0 Å². The first-order valence-electron chi connectivity index (χ1n) is 7.14. The average Bonchev–Trinajstić information content (AvgIpc) is 2.28. The van der Waals surface area contributed by atoms with E-state index in [9.17, 15) is 4.79 Å². The maximum Gasteiger partial charge on any atom is 0.220 e. The molecular formula is C14H29N3O. The Morgan fingerprint density at radius 3 is 2.44 bits per heavy atom. The Balaban J connectivity index is 2.35. The van der Waals surface area contributed by atoms with Crippen LogP contribution in [0.25, 0.3) is 0 Å². The smallest absolute Gasteiger partial charge is 0.220 e. The number of piperidine rings is 1. The summed E-state index contributed by atoms with van der Waals surface area (Å²) in [6.07, 6.45) is 2.96. The molecule has 0 saturated carbocycles. The number of carbonyl (C=O) groups is 1. The molecule has 1 aliphatic heterocycles. The van der Waals surface area contributed by atoms with Gasteiger partial charge in [-0.3, -0.25) is 4.79 Å². The number of nitrogens with one attached hydrogen (secondary N) is 2. The second-order valence-corrected chi connectivity index (χ2v) is 6.08. The quantitative estimate of drug-likeness (QED) is 0.746. The first-order valence-corrected chi connectivity index (χ1v) is 7.14. The molecule has 1 unspecified atom stereocenters. The summed E-state index contributed by atoms with van der Waals surface area (Å²) in [7, 11) is 4.10. The second kappa shape index (κ2) is 7.74. The van der Waals surface area contributed by atoms with Crippen molar-refractivity contribution >= 4 is 5.91 Å². The molecule has 1 atom stereocenters. The van der Waals surface area contributed by atoms with Gasteiger partial charge in [0.1, 0.15) is 0 Å². The summed E-state index contributed by atoms with van der Waals surface area (Å²) < 4.78 is 0. The van der Waals surface area contributed by atoms with E-state index in [2.05, 4.69) is 29.4 Å². The van der Waals surface area contributed by atoms with Gasteiger partial charge < -0.3 is 15.5 Å². The molecule has 0 aromatic heterocycles. The van der Waals surface area contributed by atoms with Crippen LogP contribution < -0.4 is 10.6 Å². The van der Waals surface area contributed by atoms with E-state index < -0.39 is 0 Å². The standard InChI is InChI=1S/C14H29N3O/c1-11(2)13(10-17(3)4)16-14(18)9-12-5-7-15-8-6-12/h11-13,15H,5-10H2,1-4H3,(H,16,18). The summed E-state index contributed by atoms with van der Waals surface area (Å²) in [5.41, 5.74) is 0. The molecule has 1 aliphatic rings. The predicted octanol–water partition coefficient (Wildman–Crippen LogP) is 1.08. The van der Waals surface area contributed by atoms with Crippen LogP contribution in [0.3, 0.4) is 0 Å². The summed E-state index contributed by atoms with van der Waals surface area (Å²) >= 11 is 0. The molecule has 1 fully saturated rings. The van der Waals surface area contributed by atoms with Gasteiger partial charge in [-0.25, -0.2) is 0 Å². The number of amides is 1. The van der Waals surface area contributed by atoms with E-state index in [0.717, 1.165) is 32.5 Å². The molecule has 2 N–H and O–H groups in total. The molecule has 1 amide bonds. The monoisotopic (exact) mass is 255 g/mol. The van der Waals surface area contributed by atoms with Crippen molar-refractivity contribution in [3.63, 3.8) is 0 Å². The Morgan fingerprint density at radius 1 is 1.33 bits per heavy atom. The summed E-state index contributed by atoms with van der Waals surface area (Å²) in [4.78, 5) is 14.2. The fourth-order valence-corrected chi connectivity index (χ4v) is 2.43. The summed E-state index contributed by atoms with van der Waals surface area (Å²) in [5.74, 6) is 1.27. The molecule has 1 rings (SSSR count). The van der Waals surface area contributed by atoms with E-state index in [1.807, 2.05) is 14.1 Å². The Kier molecular flexibility index (Phi) is 6.65. The van der Waals surface area contributed by atoms with Gasteiger partial charge in [-0.2, -0.15) is 0 Å². The third-order valence-electron chi connectivity index (χ3n) is 3.65. The van der Waals surface area contributed by atoms with Crippen LogP contribution in [0.5, 0.6) is 0 Å². The summed E-state index contributed by atoms with van der Waals surface area (Å²) in [6.45, 7) is 7.36. The van der Waals surface area contributed by atoms with Crippen molar-refractivity contribution in [2.45, 2.75) is 39.2 Å². The maximum absolute atomic E-state index is 12.1. The number of rotatable bonds is 6. The summed E-state index contributed by atoms with van der Waals surface area (Å²) in [6, 6.07) is 0.259. The SMILES string of the molecule is CC(C)C(CN(C)C)NC(=O)CC1CCNCC1. The number of hydrogen-bond donors (Lipinski definition) is 2. The third kappa shape index (κ3) is 5.83. The van der Waals surface area contributed by atoms with Gasteiger partial charge in [-0.05, 0) is 51.9 Å². The molecule has 0 bridgehead atoms. The number of nitrogens with zero attached hydrogens (tertiary/aromatic N) is 1. The van der Waals surface area contributed by atoms with Gasteiger partial charge >= 0.3 is 0 Å². The van der Waals surface area contributed by atoms with Crippen molar-refractivity contribution in [3.05, 3.63) is 0 Å². The van der Waals surface area contributed by atoms with Gasteiger partial charge in [-0.1, -0.05) is 13.8 Å². The van der Waals surface area contributed by atoms with E-state index >= 15 is 0 Å². The van der Waals surface area contributed by atoms with Gasteiger partial charge in [0, 0.05) is 19.0 Å². The minimum absolute atomic E-state index is 0.224. The molecule has 0 aromatic carbocycles. The van der Waals surface area contributed by atoms with Crippen molar-refractivity contribution in [1.82, 2.24) is 15.5 Å². The Bertz CT molecular complexity index is 247. The van der Waals surface area contributed by atoms with E-state index in [0.29, 0.717) is 18.3 Å². The average molecular weight is 255 g/mol. The van der Waals surface area contributed by atoms with Crippen molar-refractivity contribution in [1.29, 1.82) is 0 Å². The van der Waals surface area contributed by atoms with Crippen LogP contribution in [0.4, 0.5) is 0 Å². The van der Waals surface area contributed by atoms with Crippen LogP contribution in [-0.4, -0.2) is 50.6 Å². The molecule has 1 heterocycles. The molecule has 4 nitrogen and oxygen atoms in total. The lowest BCUT2D eigenvalue weighted by atomic mass is 9.94. The lowest BCUT2D eigenvalue weighted by Gasteiger charge is -2.27. The van der Waals surface area contributed by atoms with Gasteiger partial charge in [0.15, 0.2) is 0 Å². The van der Waals surface area contributed by atoms with E-state index in [1.165, 1.54) is 0 Å². The third-order valence-corrected chi connectivity index (χ3v) is 3.65. The fourth-order valence-electron chi connectivity index (χ4n) is 2.43. The molecule has 0 aliphatic carbocycles. The molecule has 4 heteroatoms.